The maximum absolute atomic E-state index is 11.5. The molecule has 2 rings (SSSR count). The highest BCUT2D eigenvalue weighted by molar-refractivity contribution is 6.41. The Morgan fingerprint density at radius 3 is 2.37 bits per heavy atom. The van der Waals surface area contributed by atoms with Crippen LogP contribution in [-0.4, -0.2) is 18.1 Å². The van der Waals surface area contributed by atoms with Gasteiger partial charge in [0.25, 0.3) is 0 Å². The van der Waals surface area contributed by atoms with Gasteiger partial charge in [-0.25, -0.2) is 4.79 Å². The molecule has 0 saturated heterocycles. The van der Waals surface area contributed by atoms with E-state index in [0.717, 1.165) is 0 Å². The van der Waals surface area contributed by atoms with E-state index in [1.807, 2.05) is 0 Å². The number of esters is 1. The number of aromatic nitrogens is 1. The minimum atomic E-state index is -0.454. The number of hydrogen-bond donors (Lipinski definition) is 0. The molecule has 0 spiro atoms. The van der Waals surface area contributed by atoms with Gasteiger partial charge < -0.3 is 4.74 Å². The monoisotopic (exact) mass is 315 g/mol. The van der Waals surface area contributed by atoms with E-state index in [1.54, 1.807) is 24.3 Å². The summed E-state index contributed by atoms with van der Waals surface area (Å²) < 4.78 is 4.65. The fourth-order valence-electron chi connectivity index (χ4n) is 1.60. The summed E-state index contributed by atoms with van der Waals surface area (Å²) in [6.45, 7) is 0. The Balaban J connectivity index is 2.57. The Labute approximate surface area is 125 Å². The lowest BCUT2D eigenvalue weighted by molar-refractivity contribution is 0.0600. The largest absolute Gasteiger partial charge is 0.465 e. The maximum atomic E-state index is 11.5. The van der Waals surface area contributed by atoms with Gasteiger partial charge in [0.2, 0.25) is 0 Å². The van der Waals surface area contributed by atoms with Gasteiger partial charge in [0, 0.05) is 16.8 Å². The second-order valence-electron chi connectivity index (χ2n) is 3.67. The van der Waals surface area contributed by atoms with Crippen LogP contribution in [0.4, 0.5) is 0 Å². The molecule has 0 atom stereocenters. The molecule has 0 N–H and O–H groups in total. The van der Waals surface area contributed by atoms with Gasteiger partial charge in [0.15, 0.2) is 0 Å². The molecule has 19 heavy (non-hydrogen) atoms. The maximum Gasteiger partial charge on any atom is 0.337 e. The van der Waals surface area contributed by atoms with Crippen molar-refractivity contribution in [2.75, 3.05) is 7.11 Å². The minimum Gasteiger partial charge on any atom is -0.465 e. The van der Waals surface area contributed by atoms with Gasteiger partial charge in [0.05, 0.1) is 28.4 Å². The number of halogens is 3. The van der Waals surface area contributed by atoms with Gasteiger partial charge in [-0.3, -0.25) is 4.98 Å². The molecule has 6 heteroatoms. The third-order valence-electron chi connectivity index (χ3n) is 2.44. The average Bonchev–Trinajstić information content (AvgIpc) is 2.37. The van der Waals surface area contributed by atoms with Gasteiger partial charge in [-0.05, 0) is 24.3 Å². The van der Waals surface area contributed by atoms with Crippen LogP contribution in [0.3, 0.4) is 0 Å². The van der Waals surface area contributed by atoms with Crippen LogP contribution in [0.2, 0.25) is 15.1 Å². The Bertz CT molecular complexity index is 621. The molecule has 3 nitrogen and oxygen atoms in total. The molecule has 0 aliphatic rings. The van der Waals surface area contributed by atoms with E-state index in [1.165, 1.54) is 13.3 Å². The molecule has 0 unspecified atom stereocenters. The zero-order valence-corrected chi connectivity index (χ0v) is 12.1. The number of pyridine rings is 1. The molecule has 0 aliphatic carbocycles. The van der Waals surface area contributed by atoms with Crippen molar-refractivity contribution in [3.8, 4) is 11.3 Å². The quantitative estimate of drug-likeness (QED) is 0.766. The van der Waals surface area contributed by atoms with Crippen molar-refractivity contribution < 1.29 is 9.53 Å². The lowest BCUT2D eigenvalue weighted by Gasteiger charge is -2.08. The van der Waals surface area contributed by atoms with Gasteiger partial charge in [-0.1, -0.05) is 34.8 Å². The molecule has 98 valence electrons. The summed E-state index contributed by atoms with van der Waals surface area (Å²) >= 11 is 18.1. The van der Waals surface area contributed by atoms with Gasteiger partial charge in [-0.2, -0.15) is 0 Å². The Hall–Kier alpha value is -1.29. The highest BCUT2D eigenvalue weighted by atomic mass is 35.5. The SMILES string of the molecule is COC(=O)c1ccnc(-c2c(Cl)cc(Cl)cc2Cl)c1. The van der Waals surface area contributed by atoms with Crippen molar-refractivity contribution >= 4 is 40.8 Å². The van der Waals surface area contributed by atoms with Crippen LogP contribution < -0.4 is 0 Å². The fraction of sp³-hybridized carbons (Fsp3) is 0.0769. The van der Waals surface area contributed by atoms with Gasteiger partial charge in [-0.15, -0.1) is 0 Å². The van der Waals surface area contributed by atoms with E-state index in [-0.39, 0.29) is 0 Å². The number of ether oxygens (including phenoxy) is 1. The third kappa shape index (κ3) is 3.00. The summed E-state index contributed by atoms with van der Waals surface area (Å²) in [5.74, 6) is -0.454. The molecule has 0 fully saturated rings. The summed E-state index contributed by atoms with van der Waals surface area (Å²) in [5.41, 5.74) is 1.38. The smallest absolute Gasteiger partial charge is 0.337 e. The molecule has 1 aromatic heterocycles. The number of nitrogens with zero attached hydrogens (tertiary/aromatic N) is 1. The molecule has 2 aromatic rings. The first-order valence-corrected chi connectivity index (χ1v) is 6.35. The number of carbonyl (C=O) groups is 1. The second-order valence-corrected chi connectivity index (χ2v) is 4.92. The third-order valence-corrected chi connectivity index (χ3v) is 3.26. The number of carbonyl (C=O) groups excluding carboxylic acids is 1. The molecule has 0 aliphatic heterocycles. The van der Waals surface area contributed by atoms with E-state index in [0.29, 0.717) is 31.9 Å². The number of rotatable bonds is 2. The molecule has 1 heterocycles. The topological polar surface area (TPSA) is 39.2 Å². The van der Waals surface area contributed by atoms with E-state index < -0.39 is 5.97 Å². The van der Waals surface area contributed by atoms with Crippen LogP contribution >= 0.6 is 34.8 Å². The van der Waals surface area contributed by atoms with Crippen LogP contribution in [0.5, 0.6) is 0 Å². The summed E-state index contributed by atoms with van der Waals surface area (Å²) in [7, 11) is 1.31. The zero-order valence-electron chi connectivity index (χ0n) is 9.78. The first kappa shape index (κ1) is 14.1. The molecule has 0 bridgehead atoms. The Morgan fingerprint density at radius 1 is 1.16 bits per heavy atom. The van der Waals surface area contributed by atoms with Crippen molar-refractivity contribution in [2.45, 2.75) is 0 Å². The summed E-state index contributed by atoms with van der Waals surface area (Å²) in [4.78, 5) is 15.6. The van der Waals surface area contributed by atoms with E-state index >= 15 is 0 Å². The number of methoxy groups -OCH3 is 1. The van der Waals surface area contributed by atoms with E-state index in [9.17, 15) is 4.79 Å². The fourth-order valence-corrected chi connectivity index (χ4v) is 2.61. The second kappa shape index (κ2) is 5.78. The lowest BCUT2D eigenvalue weighted by atomic mass is 10.1. The molecule has 0 radical (unpaired) electrons. The van der Waals surface area contributed by atoms with Crippen molar-refractivity contribution in [3.05, 3.63) is 51.1 Å². The summed E-state index contributed by atoms with van der Waals surface area (Å²) in [6.07, 6.45) is 1.49. The standard InChI is InChI=1S/C13H8Cl3NO2/c1-19-13(18)7-2-3-17-11(4-7)12-9(15)5-8(14)6-10(12)16/h2-6H,1H3. The average molecular weight is 317 g/mol. The molecule has 0 amide bonds. The van der Waals surface area contributed by atoms with Crippen LogP contribution in [0, 0.1) is 0 Å². The normalized spacial score (nSPS) is 10.3. The van der Waals surface area contributed by atoms with Crippen molar-refractivity contribution in [1.82, 2.24) is 4.98 Å². The van der Waals surface area contributed by atoms with E-state index in [4.69, 9.17) is 34.8 Å². The molecular weight excluding hydrogens is 309 g/mol. The molecule has 1 aromatic carbocycles. The first-order valence-electron chi connectivity index (χ1n) is 5.22. The highest BCUT2D eigenvalue weighted by Crippen LogP contribution is 2.36. The first-order chi connectivity index (χ1) is 9.02. The minimum absolute atomic E-state index is 0.368. The number of benzene rings is 1. The predicted octanol–water partition coefficient (Wildman–Crippen LogP) is 4.50. The van der Waals surface area contributed by atoms with Crippen LogP contribution in [-0.2, 0) is 4.74 Å². The molecular formula is C13H8Cl3NO2. The Morgan fingerprint density at radius 2 is 1.79 bits per heavy atom. The van der Waals surface area contributed by atoms with Crippen molar-refractivity contribution in [2.24, 2.45) is 0 Å². The predicted molar refractivity (Wildman–Crippen MR) is 76.0 cm³/mol. The van der Waals surface area contributed by atoms with Crippen LogP contribution in [0.15, 0.2) is 30.5 Å². The van der Waals surface area contributed by atoms with Crippen molar-refractivity contribution in [1.29, 1.82) is 0 Å². The summed E-state index contributed by atoms with van der Waals surface area (Å²) in [6, 6.07) is 6.24. The Kier molecular flexibility index (Phi) is 4.30. The lowest BCUT2D eigenvalue weighted by Crippen LogP contribution is -2.01. The highest BCUT2D eigenvalue weighted by Gasteiger charge is 2.14. The number of hydrogen-bond acceptors (Lipinski definition) is 3. The summed E-state index contributed by atoms with van der Waals surface area (Å²) in [5, 5.41) is 1.17. The van der Waals surface area contributed by atoms with Gasteiger partial charge >= 0.3 is 5.97 Å². The van der Waals surface area contributed by atoms with Crippen LogP contribution in [0.25, 0.3) is 11.3 Å². The zero-order chi connectivity index (χ0) is 14.0. The van der Waals surface area contributed by atoms with Crippen molar-refractivity contribution in [3.63, 3.8) is 0 Å². The van der Waals surface area contributed by atoms with Gasteiger partial charge in [0.1, 0.15) is 0 Å². The van der Waals surface area contributed by atoms with Crippen LogP contribution in [0.1, 0.15) is 10.4 Å². The van der Waals surface area contributed by atoms with E-state index in [2.05, 4.69) is 9.72 Å². The molecule has 0 saturated carbocycles.